The third-order valence-corrected chi connectivity index (χ3v) is 9.76. The third kappa shape index (κ3) is 9.01. The molecular weight excluding hydrogens is 611 g/mol. The number of rotatable bonds is 12. The van der Waals surface area contributed by atoms with E-state index in [0.717, 1.165) is 27.8 Å². The van der Waals surface area contributed by atoms with Crippen LogP contribution in [0.4, 0.5) is 5.69 Å². The number of anilines is 1. The molecule has 0 unspecified atom stereocenters. The normalized spacial score (nSPS) is 12.2. The lowest BCUT2D eigenvalue weighted by atomic mass is 10.0. The molecular formula is C38H45N3O5S. The van der Waals surface area contributed by atoms with Crippen molar-refractivity contribution in [2.24, 2.45) is 0 Å². The van der Waals surface area contributed by atoms with Crippen molar-refractivity contribution in [3.8, 4) is 5.75 Å². The topological polar surface area (TPSA) is 96.0 Å². The average molecular weight is 656 g/mol. The molecule has 8 nitrogen and oxygen atoms in total. The van der Waals surface area contributed by atoms with Crippen molar-refractivity contribution in [2.75, 3.05) is 18.0 Å². The highest BCUT2D eigenvalue weighted by Crippen LogP contribution is 2.30. The summed E-state index contributed by atoms with van der Waals surface area (Å²) >= 11 is 0. The molecule has 4 rings (SSSR count). The van der Waals surface area contributed by atoms with Crippen LogP contribution in [0.2, 0.25) is 0 Å². The Kier molecular flexibility index (Phi) is 11.1. The van der Waals surface area contributed by atoms with Gasteiger partial charge in [0.25, 0.3) is 10.0 Å². The summed E-state index contributed by atoms with van der Waals surface area (Å²) < 4.78 is 35.3. The fourth-order valence-electron chi connectivity index (χ4n) is 5.33. The first-order valence-electron chi connectivity index (χ1n) is 15.6. The van der Waals surface area contributed by atoms with Gasteiger partial charge >= 0.3 is 0 Å². The van der Waals surface area contributed by atoms with Gasteiger partial charge in [-0.1, -0.05) is 72.3 Å². The van der Waals surface area contributed by atoms with Gasteiger partial charge in [-0.25, -0.2) is 8.42 Å². The van der Waals surface area contributed by atoms with Crippen LogP contribution in [-0.4, -0.2) is 50.4 Å². The lowest BCUT2D eigenvalue weighted by Crippen LogP contribution is -2.56. The van der Waals surface area contributed by atoms with Crippen molar-refractivity contribution < 1.29 is 22.7 Å². The largest absolute Gasteiger partial charge is 0.497 e. The van der Waals surface area contributed by atoms with Crippen molar-refractivity contribution in [1.82, 2.24) is 10.2 Å². The lowest BCUT2D eigenvalue weighted by molar-refractivity contribution is -0.140. The van der Waals surface area contributed by atoms with Gasteiger partial charge in [0, 0.05) is 18.5 Å². The molecule has 4 aromatic carbocycles. The highest BCUT2D eigenvalue weighted by atomic mass is 32.2. The summed E-state index contributed by atoms with van der Waals surface area (Å²) in [6.45, 7) is 10.8. The van der Waals surface area contributed by atoms with Crippen molar-refractivity contribution >= 4 is 27.5 Å². The van der Waals surface area contributed by atoms with E-state index in [1.54, 1.807) is 49.6 Å². The number of nitrogens with one attached hydrogen (secondary N) is 1. The lowest BCUT2D eigenvalue weighted by Gasteiger charge is -2.35. The number of hydrogen-bond acceptors (Lipinski definition) is 5. The smallest absolute Gasteiger partial charge is 0.264 e. The van der Waals surface area contributed by atoms with E-state index in [4.69, 9.17) is 4.74 Å². The number of amides is 2. The van der Waals surface area contributed by atoms with E-state index in [9.17, 15) is 18.0 Å². The zero-order valence-corrected chi connectivity index (χ0v) is 29.1. The molecule has 0 aliphatic rings. The molecule has 1 atom stereocenters. The Morgan fingerprint density at radius 1 is 0.830 bits per heavy atom. The molecule has 0 fully saturated rings. The summed E-state index contributed by atoms with van der Waals surface area (Å²) in [6.07, 6.45) is 0.229. The Balaban J connectivity index is 1.86. The fraction of sp³-hybridized carbons (Fsp3) is 0.316. The maximum atomic E-state index is 14.7. The van der Waals surface area contributed by atoms with Crippen LogP contribution in [0.25, 0.3) is 0 Å². The predicted octanol–water partition coefficient (Wildman–Crippen LogP) is 6.37. The summed E-state index contributed by atoms with van der Waals surface area (Å²) in [5, 5.41) is 3.06. The molecule has 248 valence electrons. The number of methoxy groups -OCH3 is 1. The van der Waals surface area contributed by atoms with Crippen LogP contribution in [0.1, 0.15) is 48.6 Å². The first-order valence-corrected chi connectivity index (χ1v) is 17.1. The molecule has 0 heterocycles. The quantitative estimate of drug-likeness (QED) is 0.191. The summed E-state index contributed by atoms with van der Waals surface area (Å²) in [6, 6.07) is 27.8. The number of sulfonamides is 1. The maximum absolute atomic E-state index is 14.7. The van der Waals surface area contributed by atoms with Crippen molar-refractivity contribution in [2.45, 2.75) is 71.0 Å². The fourth-order valence-corrected chi connectivity index (χ4v) is 6.80. The molecule has 0 saturated heterocycles. The van der Waals surface area contributed by atoms with E-state index < -0.39 is 34.1 Å². The summed E-state index contributed by atoms with van der Waals surface area (Å²) in [5.41, 5.74) is 3.97. The zero-order chi connectivity index (χ0) is 34.4. The van der Waals surface area contributed by atoms with Crippen molar-refractivity contribution in [1.29, 1.82) is 0 Å². The van der Waals surface area contributed by atoms with Crippen LogP contribution in [0, 0.1) is 20.8 Å². The van der Waals surface area contributed by atoms with E-state index in [0.29, 0.717) is 11.4 Å². The summed E-state index contributed by atoms with van der Waals surface area (Å²) in [7, 11) is -2.63. The van der Waals surface area contributed by atoms with E-state index in [-0.39, 0.29) is 23.8 Å². The molecule has 0 aliphatic carbocycles. The molecule has 0 aromatic heterocycles. The molecule has 0 radical (unpaired) electrons. The minimum Gasteiger partial charge on any atom is -0.497 e. The highest BCUT2D eigenvalue weighted by molar-refractivity contribution is 7.92. The van der Waals surface area contributed by atoms with Gasteiger partial charge < -0.3 is 15.0 Å². The number of carbonyl (C=O) groups is 2. The van der Waals surface area contributed by atoms with Gasteiger partial charge in [0.05, 0.1) is 17.7 Å². The standard InChI is InChI=1S/C38H45N3O5S/c1-27-19-21-33(22-20-27)47(44,45)41(34-18-11-13-28(2)29(34)3)26-36(42)40(25-31-16-12-17-32(23-31)46-7)35(37(43)39-38(4,5)6)24-30-14-9-8-10-15-30/h8-23,35H,24-26H2,1-7H3,(H,39,43)/t35-/m1/s1. The molecule has 2 amide bonds. The second kappa shape index (κ2) is 14.9. The monoisotopic (exact) mass is 655 g/mol. The molecule has 0 spiro atoms. The van der Waals surface area contributed by atoms with Crippen LogP contribution in [0.3, 0.4) is 0 Å². The molecule has 0 aliphatic heterocycles. The molecule has 9 heteroatoms. The van der Waals surface area contributed by atoms with Crippen LogP contribution in [0.5, 0.6) is 5.75 Å². The van der Waals surface area contributed by atoms with Gasteiger partial charge in [-0.2, -0.15) is 0 Å². The highest BCUT2D eigenvalue weighted by Gasteiger charge is 2.36. The number of ether oxygens (including phenoxy) is 1. The van der Waals surface area contributed by atoms with E-state index >= 15 is 0 Å². The van der Waals surface area contributed by atoms with Crippen LogP contribution < -0.4 is 14.4 Å². The Hall–Kier alpha value is -4.63. The van der Waals surface area contributed by atoms with E-state index in [2.05, 4.69) is 5.32 Å². The average Bonchev–Trinajstić information content (AvgIpc) is 3.03. The summed E-state index contributed by atoms with van der Waals surface area (Å²) in [4.78, 5) is 30.4. The van der Waals surface area contributed by atoms with E-state index in [1.807, 2.05) is 96.1 Å². The predicted molar refractivity (Wildman–Crippen MR) is 187 cm³/mol. The second-order valence-electron chi connectivity index (χ2n) is 12.9. The van der Waals surface area contributed by atoms with Crippen LogP contribution in [-0.2, 0) is 32.6 Å². The Morgan fingerprint density at radius 3 is 2.11 bits per heavy atom. The number of carbonyl (C=O) groups excluding carboxylic acids is 2. The molecule has 1 N–H and O–H groups in total. The molecule has 0 saturated carbocycles. The van der Waals surface area contributed by atoms with Gasteiger partial charge in [-0.3, -0.25) is 13.9 Å². The zero-order valence-electron chi connectivity index (χ0n) is 28.3. The SMILES string of the molecule is COc1cccc(CN(C(=O)CN(c2cccc(C)c2C)S(=O)(=O)c2ccc(C)cc2)[C@H](Cc2ccccc2)C(=O)NC(C)(C)C)c1. The van der Waals surface area contributed by atoms with Gasteiger partial charge in [-0.05, 0) is 94.1 Å². The first-order chi connectivity index (χ1) is 22.2. The number of hydrogen-bond donors (Lipinski definition) is 1. The summed E-state index contributed by atoms with van der Waals surface area (Å²) in [5.74, 6) is -0.251. The van der Waals surface area contributed by atoms with Crippen molar-refractivity contribution in [3.05, 3.63) is 125 Å². The van der Waals surface area contributed by atoms with Gasteiger partial charge in [0.2, 0.25) is 11.8 Å². The van der Waals surface area contributed by atoms with Crippen molar-refractivity contribution in [3.63, 3.8) is 0 Å². The second-order valence-corrected chi connectivity index (χ2v) is 14.7. The minimum atomic E-state index is -4.19. The first kappa shape index (κ1) is 35.2. The Labute approximate surface area is 279 Å². The molecule has 0 bridgehead atoms. The number of benzene rings is 4. The Morgan fingerprint density at radius 2 is 1.47 bits per heavy atom. The van der Waals surface area contributed by atoms with Gasteiger partial charge in [-0.15, -0.1) is 0 Å². The number of nitrogens with zero attached hydrogens (tertiary/aromatic N) is 2. The minimum absolute atomic E-state index is 0.0519. The maximum Gasteiger partial charge on any atom is 0.264 e. The number of aryl methyl sites for hydroxylation is 2. The van der Waals surface area contributed by atoms with E-state index in [1.165, 1.54) is 9.21 Å². The molecule has 4 aromatic rings. The van der Waals surface area contributed by atoms with Gasteiger partial charge in [0.15, 0.2) is 0 Å². The van der Waals surface area contributed by atoms with Crippen LogP contribution in [0.15, 0.2) is 102 Å². The molecule has 47 heavy (non-hydrogen) atoms. The van der Waals surface area contributed by atoms with Crippen LogP contribution >= 0.6 is 0 Å². The third-order valence-electron chi connectivity index (χ3n) is 7.99. The Bertz CT molecular complexity index is 1800. The van der Waals surface area contributed by atoms with Gasteiger partial charge in [0.1, 0.15) is 18.3 Å².